The summed E-state index contributed by atoms with van der Waals surface area (Å²) in [4.78, 5) is 0. The molecule has 3 heteroatoms. The Morgan fingerprint density at radius 3 is 2.18 bits per heavy atom. The van der Waals surface area contributed by atoms with E-state index in [4.69, 9.17) is 0 Å². The molecular formula is C14H21NOS. The zero-order chi connectivity index (χ0) is 12.5. The van der Waals surface area contributed by atoms with E-state index in [0.717, 1.165) is 33.2 Å². The summed E-state index contributed by atoms with van der Waals surface area (Å²) in [5.74, 6) is 3.41. The van der Waals surface area contributed by atoms with Gasteiger partial charge >= 0.3 is 0 Å². The van der Waals surface area contributed by atoms with Crippen LogP contribution in [0.1, 0.15) is 20.8 Å². The molecule has 0 radical (unpaired) electrons. The fourth-order valence-electron chi connectivity index (χ4n) is 2.48. The summed E-state index contributed by atoms with van der Waals surface area (Å²) in [7, 11) is -0.868. The SMILES string of the molecule is CCS(CC)(CC)c1cc2ccccc2n1O. The first-order valence-electron chi connectivity index (χ1n) is 6.24. The summed E-state index contributed by atoms with van der Waals surface area (Å²) in [6.45, 7) is 6.71. The molecule has 0 aliphatic carbocycles. The van der Waals surface area contributed by atoms with Crippen molar-refractivity contribution >= 4 is 20.9 Å². The maximum atomic E-state index is 10.4. The fourth-order valence-corrected chi connectivity index (χ4v) is 5.43. The molecule has 0 bridgehead atoms. The summed E-state index contributed by atoms with van der Waals surface area (Å²) in [6.07, 6.45) is 0. The molecule has 2 aromatic rings. The summed E-state index contributed by atoms with van der Waals surface area (Å²) < 4.78 is 1.42. The van der Waals surface area contributed by atoms with Crippen molar-refractivity contribution in [3.05, 3.63) is 30.3 Å². The van der Waals surface area contributed by atoms with Gasteiger partial charge in [0.25, 0.3) is 0 Å². The van der Waals surface area contributed by atoms with Crippen molar-refractivity contribution in [1.29, 1.82) is 0 Å². The monoisotopic (exact) mass is 251 g/mol. The lowest BCUT2D eigenvalue weighted by Crippen LogP contribution is -2.13. The third-order valence-corrected chi connectivity index (χ3v) is 8.25. The molecule has 1 N–H and O–H groups in total. The van der Waals surface area contributed by atoms with Crippen LogP contribution in [-0.4, -0.2) is 27.2 Å². The van der Waals surface area contributed by atoms with E-state index in [1.807, 2.05) is 18.2 Å². The number of hydrogen-bond donors (Lipinski definition) is 1. The van der Waals surface area contributed by atoms with E-state index < -0.39 is 10.0 Å². The first kappa shape index (κ1) is 12.4. The van der Waals surface area contributed by atoms with Gasteiger partial charge in [0.15, 0.2) is 0 Å². The Labute approximate surface area is 105 Å². The van der Waals surface area contributed by atoms with Crippen LogP contribution >= 0.6 is 10.0 Å². The van der Waals surface area contributed by atoms with Gasteiger partial charge in [-0.25, -0.2) is 0 Å². The minimum Gasteiger partial charge on any atom is -0.427 e. The zero-order valence-electron chi connectivity index (χ0n) is 10.8. The van der Waals surface area contributed by atoms with Crippen LogP contribution < -0.4 is 0 Å². The Hall–Kier alpha value is -1.09. The number of nitrogens with zero attached hydrogens (tertiary/aromatic N) is 1. The molecular weight excluding hydrogens is 230 g/mol. The highest BCUT2D eigenvalue weighted by Gasteiger charge is 2.25. The van der Waals surface area contributed by atoms with E-state index in [9.17, 15) is 5.21 Å². The lowest BCUT2D eigenvalue weighted by molar-refractivity contribution is 0.176. The highest BCUT2D eigenvalue weighted by Crippen LogP contribution is 2.55. The molecule has 0 saturated heterocycles. The van der Waals surface area contributed by atoms with Gasteiger partial charge in [-0.05, 0) is 29.4 Å². The second-order valence-electron chi connectivity index (χ2n) is 4.26. The van der Waals surface area contributed by atoms with Gasteiger partial charge in [-0.3, -0.25) is 0 Å². The third kappa shape index (κ3) is 1.82. The average Bonchev–Trinajstić information content (AvgIpc) is 2.72. The maximum absolute atomic E-state index is 10.4. The number of para-hydroxylation sites is 1. The number of benzene rings is 1. The molecule has 94 valence electrons. The molecule has 0 aliphatic heterocycles. The Morgan fingerprint density at radius 2 is 1.65 bits per heavy atom. The third-order valence-electron chi connectivity index (χ3n) is 3.75. The van der Waals surface area contributed by atoms with Gasteiger partial charge in [0.05, 0.1) is 10.5 Å². The van der Waals surface area contributed by atoms with E-state index in [-0.39, 0.29) is 0 Å². The van der Waals surface area contributed by atoms with Gasteiger partial charge in [-0.1, -0.05) is 39.0 Å². The van der Waals surface area contributed by atoms with E-state index in [2.05, 4.69) is 32.9 Å². The van der Waals surface area contributed by atoms with E-state index >= 15 is 0 Å². The normalized spacial score (nSPS) is 13.1. The minimum atomic E-state index is -0.868. The number of rotatable bonds is 4. The lowest BCUT2D eigenvalue weighted by atomic mass is 10.3. The van der Waals surface area contributed by atoms with Crippen molar-refractivity contribution in [1.82, 2.24) is 4.73 Å². The highest BCUT2D eigenvalue weighted by atomic mass is 32.3. The van der Waals surface area contributed by atoms with Crippen molar-refractivity contribution in [2.45, 2.75) is 25.8 Å². The van der Waals surface area contributed by atoms with Crippen LogP contribution in [0, 0.1) is 0 Å². The molecule has 0 aliphatic rings. The molecule has 0 spiro atoms. The van der Waals surface area contributed by atoms with Crippen LogP contribution in [0.25, 0.3) is 10.9 Å². The molecule has 0 amide bonds. The molecule has 1 aromatic carbocycles. The largest absolute Gasteiger partial charge is 0.427 e. The molecule has 0 saturated carbocycles. The molecule has 0 unspecified atom stereocenters. The molecule has 1 aromatic heterocycles. The number of aromatic nitrogens is 1. The molecule has 17 heavy (non-hydrogen) atoms. The molecule has 1 heterocycles. The number of fused-ring (bicyclic) bond motifs is 1. The molecule has 2 nitrogen and oxygen atoms in total. The maximum Gasteiger partial charge on any atom is 0.0967 e. The Balaban J connectivity index is 2.65. The van der Waals surface area contributed by atoms with E-state index in [0.29, 0.717) is 0 Å². The summed E-state index contributed by atoms with van der Waals surface area (Å²) in [6, 6.07) is 10.2. The second kappa shape index (κ2) is 4.65. The summed E-state index contributed by atoms with van der Waals surface area (Å²) in [5, 5.41) is 12.6. The van der Waals surface area contributed by atoms with Gasteiger partial charge in [0.2, 0.25) is 0 Å². The molecule has 0 atom stereocenters. The zero-order valence-corrected chi connectivity index (χ0v) is 11.6. The smallest absolute Gasteiger partial charge is 0.0967 e. The predicted octanol–water partition coefficient (Wildman–Crippen LogP) is 4.10. The van der Waals surface area contributed by atoms with Crippen molar-refractivity contribution < 1.29 is 5.21 Å². The predicted molar refractivity (Wildman–Crippen MR) is 76.6 cm³/mol. The van der Waals surface area contributed by atoms with E-state index in [1.54, 1.807) is 0 Å². The first-order valence-corrected chi connectivity index (χ1v) is 8.38. The van der Waals surface area contributed by atoms with Crippen LogP contribution in [-0.2, 0) is 0 Å². The van der Waals surface area contributed by atoms with Gasteiger partial charge < -0.3 is 5.21 Å². The van der Waals surface area contributed by atoms with Crippen LogP contribution in [0.2, 0.25) is 0 Å². The van der Waals surface area contributed by atoms with Crippen LogP contribution in [0.4, 0.5) is 0 Å². The summed E-state index contributed by atoms with van der Waals surface area (Å²) in [5.41, 5.74) is 0.926. The topological polar surface area (TPSA) is 25.2 Å². The van der Waals surface area contributed by atoms with Gasteiger partial charge in [0, 0.05) is 5.39 Å². The lowest BCUT2D eigenvalue weighted by Gasteiger charge is -2.36. The Morgan fingerprint density at radius 1 is 1.06 bits per heavy atom. The first-order chi connectivity index (χ1) is 8.18. The van der Waals surface area contributed by atoms with E-state index in [1.165, 1.54) is 4.73 Å². The van der Waals surface area contributed by atoms with Gasteiger partial charge in [-0.15, -0.1) is 0 Å². The number of hydrogen-bond acceptors (Lipinski definition) is 1. The van der Waals surface area contributed by atoms with Crippen molar-refractivity contribution in [3.8, 4) is 0 Å². The van der Waals surface area contributed by atoms with Gasteiger partial charge in [0.1, 0.15) is 0 Å². The fraction of sp³-hybridized carbons (Fsp3) is 0.429. The quantitative estimate of drug-likeness (QED) is 0.813. The minimum absolute atomic E-state index is 0.868. The average molecular weight is 251 g/mol. The van der Waals surface area contributed by atoms with Crippen molar-refractivity contribution in [2.75, 3.05) is 17.3 Å². The van der Waals surface area contributed by atoms with Gasteiger partial charge in [-0.2, -0.15) is 14.8 Å². The second-order valence-corrected chi connectivity index (χ2v) is 8.51. The Kier molecular flexibility index (Phi) is 3.38. The van der Waals surface area contributed by atoms with Crippen LogP contribution in [0.5, 0.6) is 0 Å². The highest BCUT2D eigenvalue weighted by molar-refractivity contribution is 8.33. The Bertz CT molecular complexity index is 506. The van der Waals surface area contributed by atoms with Crippen LogP contribution in [0.15, 0.2) is 35.4 Å². The summed E-state index contributed by atoms with van der Waals surface area (Å²) >= 11 is 0. The molecule has 2 rings (SSSR count). The van der Waals surface area contributed by atoms with Crippen molar-refractivity contribution in [3.63, 3.8) is 0 Å². The standard InChI is InChI=1S/C14H21NOS/c1-4-17(5-2,6-3)14-11-12-9-7-8-10-13(12)15(14)16/h7-11,16H,4-6H2,1-3H3. The van der Waals surface area contributed by atoms with Crippen LogP contribution in [0.3, 0.4) is 0 Å². The van der Waals surface area contributed by atoms with Crippen molar-refractivity contribution in [2.24, 2.45) is 0 Å². The molecule has 0 fully saturated rings.